The van der Waals surface area contributed by atoms with Crippen molar-refractivity contribution in [3.8, 4) is 17.6 Å². The van der Waals surface area contributed by atoms with E-state index in [-0.39, 0.29) is 12.0 Å². The first-order chi connectivity index (χ1) is 9.74. The van der Waals surface area contributed by atoms with E-state index >= 15 is 0 Å². The molecule has 0 spiro atoms. The maximum Gasteiger partial charge on any atom is 0.127 e. The largest absolute Gasteiger partial charge is 0.457 e. The second-order valence-corrected chi connectivity index (χ2v) is 4.65. The Balaban J connectivity index is 2.09. The van der Waals surface area contributed by atoms with Crippen LogP contribution < -0.4 is 10.5 Å². The van der Waals surface area contributed by atoms with Gasteiger partial charge in [-0.25, -0.2) is 0 Å². The average molecular weight is 266 g/mol. The van der Waals surface area contributed by atoms with Crippen molar-refractivity contribution < 1.29 is 4.74 Å². The Hall–Kier alpha value is -2.31. The van der Waals surface area contributed by atoms with Crippen LogP contribution in [0, 0.1) is 17.2 Å². The molecule has 2 atom stereocenters. The van der Waals surface area contributed by atoms with Crippen LogP contribution in [-0.2, 0) is 0 Å². The number of hydrogen-bond donors (Lipinski definition) is 1. The second-order valence-electron chi connectivity index (χ2n) is 4.65. The molecule has 20 heavy (non-hydrogen) atoms. The fourth-order valence-electron chi connectivity index (χ4n) is 2.04. The molecular formula is C17H18N2O. The standard InChI is InChI=1S/C17H18N2O/c1-2-13(12-18)17(19)14-8-10-16(11-9-14)20-15-6-4-3-5-7-15/h3-11,13,17H,2,19H2,1H3. The van der Waals surface area contributed by atoms with Crippen LogP contribution in [0.4, 0.5) is 0 Å². The minimum atomic E-state index is -0.254. The first-order valence-corrected chi connectivity index (χ1v) is 6.72. The van der Waals surface area contributed by atoms with Gasteiger partial charge in [0.05, 0.1) is 12.0 Å². The monoisotopic (exact) mass is 266 g/mol. The summed E-state index contributed by atoms with van der Waals surface area (Å²) in [6.45, 7) is 1.97. The Morgan fingerprint density at radius 3 is 2.20 bits per heavy atom. The first kappa shape index (κ1) is 14.1. The molecule has 0 aliphatic carbocycles. The van der Waals surface area contributed by atoms with Crippen LogP contribution in [0.15, 0.2) is 54.6 Å². The first-order valence-electron chi connectivity index (χ1n) is 6.72. The lowest BCUT2D eigenvalue weighted by Gasteiger charge is -2.16. The van der Waals surface area contributed by atoms with Gasteiger partial charge in [0.15, 0.2) is 0 Å². The maximum absolute atomic E-state index is 9.05. The summed E-state index contributed by atoms with van der Waals surface area (Å²) in [5.41, 5.74) is 7.06. The Bertz CT molecular complexity index is 572. The smallest absolute Gasteiger partial charge is 0.127 e. The van der Waals surface area contributed by atoms with Gasteiger partial charge < -0.3 is 10.5 Å². The Morgan fingerprint density at radius 2 is 1.65 bits per heavy atom. The van der Waals surface area contributed by atoms with Crippen LogP contribution in [0.1, 0.15) is 24.9 Å². The predicted octanol–water partition coefficient (Wildman–Crippen LogP) is 4.03. The lowest BCUT2D eigenvalue weighted by atomic mass is 9.93. The highest BCUT2D eigenvalue weighted by atomic mass is 16.5. The van der Waals surface area contributed by atoms with Gasteiger partial charge in [0.1, 0.15) is 11.5 Å². The third-order valence-electron chi connectivity index (χ3n) is 3.28. The van der Waals surface area contributed by atoms with Crippen molar-refractivity contribution in [3.05, 3.63) is 60.2 Å². The number of benzene rings is 2. The number of para-hydroxylation sites is 1. The van der Waals surface area contributed by atoms with Gasteiger partial charge in [-0.15, -0.1) is 0 Å². The van der Waals surface area contributed by atoms with Crippen LogP contribution in [0.5, 0.6) is 11.5 Å². The summed E-state index contributed by atoms with van der Waals surface area (Å²) in [5, 5.41) is 9.05. The van der Waals surface area contributed by atoms with Crippen molar-refractivity contribution in [1.29, 1.82) is 5.26 Å². The zero-order chi connectivity index (χ0) is 14.4. The van der Waals surface area contributed by atoms with Crippen LogP contribution in [0.2, 0.25) is 0 Å². The Kier molecular flexibility index (Phi) is 4.75. The summed E-state index contributed by atoms with van der Waals surface area (Å²) in [7, 11) is 0. The second kappa shape index (κ2) is 6.74. The molecule has 102 valence electrons. The van der Waals surface area contributed by atoms with Crippen LogP contribution >= 0.6 is 0 Å². The van der Waals surface area contributed by atoms with Crippen LogP contribution in [0.3, 0.4) is 0 Å². The van der Waals surface area contributed by atoms with Crippen molar-refractivity contribution >= 4 is 0 Å². The van der Waals surface area contributed by atoms with Crippen molar-refractivity contribution in [3.63, 3.8) is 0 Å². The molecule has 2 aromatic rings. The molecule has 0 fully saturated rings. The molecule has 0 amide bonds. The van der Waals surface area contributed by atoms with Gasteiger partial charge in [-0.2, -0.15) is 5.26 Å². The summed E-state index contributed by atoms with van der Waals surface area (Å²) >= 11 is 0. The summed E-state index contributed by atoms with van der Waals surface area (Å²) < 4.78 is 5.72. The Labute approximate surface area is 119 Å². The van der Waals surface area contributed by atoms with E-state index in [1.807, 2.05) is 61.5 Å². The number of hydrogen-bond acceptors (Lipinski definition) is 3. The van der Waals surface area contributed by atoms with E-state index in [2.05, 4.69) is 6.07 Å². The zero-order valence-corrected chi connectivity index (χ0v) is 11.5. The Morgan fingerprint density at radius 1 is 1.05 bits per heavy atom. The van der Waals surface area contributed by atoms with E-state index in [1.54, 1.807) is 0 Å². The highest BCUT2D eigenvalue weighted by Crippen LogP contribution is 2.26. The average Bonchev–Trinajstić information content (AvgIpc) is 2.50. The van der Waals surface area contributed by atoms with Gasteiger partial charge in [0, 0.05) is 6.04 Å². The summed E-state index contributed by atoms with van der Waals surface area (Å²) in [6.07, 6.45) is 0.750. The summed E-state index contributed by atoms with van der Waals surface area (Å²) in [6, 6.07) is 19.2. The van der Waals surface area contributed by atoms with Crippen molar-refractivity contribution in [2.24, 2.45) is 11.7 Å². The van der Waals surface area contributed by atoms with E-state index in [1.165, 1.54) is 0 Å². The van der Waals surface area contributed by atoms with Gasteiger partial charge in [-0.3, -0.25) is 0 Å². The molecular weight excluding hydrogens is 248 g/mol. The number of rotatable bonds is 5. The van der Waals surface area contributed by atoms with Gasteiger partial charge >= 0.3 is 0 Å². The molecule has 0 heterocycles. The molecule has 2 unspecified atom stereocenters. The van der Waals surface area contributed by atoms with Crippen molar-refractivity contribution in [1.82, 2.24) is 0 Å². The van der Waals surface area contributed by atoms with E-state index in [0.29, 0.717) is 0 Å². The fraction of sp³-hybridized carbons (Fsp3) is 0.235. The number of ether oxygens (including phenoxy) is 1. The van der Waals surface area contributed by atoms with Crippen molar-refractivity contribution in [2.45, 2.75) is 19.4 Å². The molecule has 0 aliphatic heterocycles. The SMILES string of the molecule is CCC(C#N)C(N)c1ccc(Oc2ccccc2)cc1. The molecule has 0 radical (unpaired) electrons. The van der Waals surface area contributed by atoms with E-state index in [4.69, 9.17) is 15.7 Å². The number of nitrogens with two attached hydrogens (primary N) is 1. The summed E-state index contributed by atoms with van der Waals surface area (Å²) in [4.78, 5) is 0. The lowest BCUT2D eigenvalue weighted by Crippen LogP contribution is -2.19. The van der Waals surface area contributed by atoms with Gasteiger partial charge in [0.2, 0.25) is 0 Å². The topological polar surface area (TPSA) is 59.0 Å². The lowest BCUT2D eigenvalue weighted by molar-refractivity contribution is 0.480. The normalized spacial score (nSPS) is 13.2. The molecule has 0 saturated heterocycles. The quantitative estimate of drug-likeness (QED) is 0.888. The van der Waals surface area contributed by atoms with Crippen LogP contribution in [-0.4, -0.2) is 0 Å². The molecule has 2 rings (SSSR count). The highest BCUT2D eigenvalue weighted by Gasteiger charge is 2.17. The third-order valence-corrected chi connectivity index (χ3v) is 3.28. The predicted molar refractivity (Wildman–Crippen MR) is 79.3 cm³/mol. The fourth-order valence-corrected chi connectivity index (χ4v) is 2.04. The third kappa shape index (κ3) is 3.37. The molecule has 2 N–H and O–H groups in total. The molecule has 0 aromatic heterocycles. The van der Waals surface area contributed by atoms with Gasteiger partial charge in [0.25, 0.3) is 0 Å². The van der Waals surface area contributed by atoms with E-state index in [0.717, 1.165) is 23.5 Å². The maximum atomic E-state index is 9.05. The number of nitriles is 1. The number of nitrogens with zero attached hydrogens (tertiary/aromatic N) is 1. The van der Waals surface area contributed by atoms with Crippen LogP contribution in [0.25, 0.3) is 0 Å². The van der Waals surface area contributed by atoms with E-state index in [9.17, 15) is 0 Å². The molecule has 2 aromatic carbocycles. The zero-order valence-electron chi connectivity index (χ0n) is 11.5. The minimum absolute atomic E-state index is 0.157. The molecule has 0 saturated carbocycles. The summed E-state index contributed by atoms with van der Waals surface area (Å²) in [5.74, 6) is 1.40. The highest BCUT2D eigenvalue weighted by molar-refractivity contribution is 5.34. The molecule has 0 aliphatic rings. The molecule has 3 heteroatoms. The van der Waals surface area contributed by atoms with Gasteiger partial charge in [-0.1, -0.05) is 37.3 Å². The molecule has 0 bridgehead atoms. The molecule has 3 nitrogen and oxygen atoms in total. The van der Waals surface area contributed by atoms with Crippen molar-refractivity contribution in [2.75, 3.05) is 0 Å². The van der Waals surface area contributed by atoms with E-state index < -0.39 is 0 Å². The van der Waals surface area contributed by atoms with Gasteiger partial charge in [-0.05, 0) is 36.2 Å². The minimum Gasteiger partial charge on any atom is -0.457 e.